The van der Waals surface area contributed by atoms with Crippen LogP contribution in [-0.2, 0) is 10.0 Å². The van der Waals surface area contributed by atoms with Crippen LogP contribution in [0.25, 0.3) is 0 Å². The van der Waals surface area contributed by atoms with E-state index in [-0.39, 0.29) is 10.6 Å². The maximum absolute atomic E-state index is 12.1. The molecular formula is C14H16N2O3S. The Kier molecular flexibility index (Phi) is 4.26. The summed E-state index contributed by atoms with van der Waals surface area (Å²) in [6.45, 7) is 2.03. The van der Waals surface area contributed by atoms with Crippen LogP contribution in [0.2, 0.25) is 0 Å². The molecule has 0 saturated heterocycles. The molecule has 0 radical (unpaired) electrons. The van der Waals surface area contributed by atoms with E-state index in [1.165, 1.54) is 6.07 Å². The smallest absolute Gasteiger partial charge is 0.244 e. The number of rotatable bonds is 5. The van der Waals surface area contributed by atoms with Crippen molar-refractivity contribution in [1.29, 1.82) is 0 Å². The van der Waals surface area contributed by atoms with E-state index in [1.54, 1.807) is 49.4 Å². The number of nitrogens with one attached hydrogen (secondary N) is 1. The first-order valence-electron chi connectivity index (χ1n) is 6.15. The van der Waals surface area contributed by atoms with Gasteiger partial charge in [0.15, 0.2) is 0 Å². The van der Waals surface area contributed by atoms with E-state index in [2.05, 4.69) is 4.72 Å². The van der Waals surface area contributed by atoms with Gasteiger partial charge in [0.25, 0.3) is 0 Å². The van der Waals surface area contributed by atoms with Crippen LogP contribution in [0, 0.1) is 0 Å². The minimum absolute atomic E-state index is 0.0881. The summed E-state index contributed by atoms with van der Waals surface area (Å²) >= 11 is 0. The lowest BCUT2D eigenvalue weighted by atomic mass is 10.3. The Morgan fingerprint density at radius 2 is 1.65 bits per heavy atom. The summed E-state index contributed by atoms with van der Waals surface area (Å²) in [6, 6.07) is 13.4. The molecule has 20 heavy (non-hydrogen) atoms. The molecule has 0 fully saturated rings. The third-order valence-electron chi connectivity index (χ3n) is 2.61. The molecule has 0 unspecified atom stereocenters. The van der Waals surface area contributed by atoms with Crippen LogP contribution < -0.4 is 15.2 Å². The number of para-hydroxylation sites is 3. The van der Waals surface area contributed by atoms with Crippen molar-refractivity contribution >= 4 is 15.7 Å². The topological polar surface area (TPSA) is 81.4 Å². The number of hydrogen-bond acceptors (Lipinski definition) is 4. The standard InChI is InChI=1S/C14H16N2O3S/c1-2-16-20(17,18)14-10-6-5-9-13(14)19-12-8-4-3-7-11(12)15/h3-10,16H,2,15H2,1H3. The molecule has 0 aromatic heterocycles. The van der Waals surface area contributed by atoms with Crippen LogP contribution >= 0.6 is 0 Å². The van der Waals surface area contributed by atoms with Gasteiger partial charge >= 0.3 is 0 Å². The van der Waals surface area contributed by atoms with Gasteiger partial charge in [-0.25, -0.2) is 13.1 Å². The second-order valence-corrected chi connectivity index (χ2v) is 5.82. The third-order valence-corrected chi connectivity index (χ3v) is 4.20. The molecule has 0 spiro atoms. The zero-order chi connectivity index (χ0) is 14.6. The average Bonchev–Trinajstić information content (AvgIpc) is 2.42. The molecule has 5 nitrogen and oxygen atoms in total. The van der Waals surface area contributed by atoms with E-state index in [4.69, 9.17) is 10.5 Å². The molecule has 2 rings (SSSR count). The van der Waals surface area contributed by atoms with Crippen LogP contribution in [0.1, 0.15) is 6.92 Å². The SMILES string of the molecule is CCNS(=O)(=O)c1ccccc1Oc1ccccc1N. The number of anilines is 1. The van der Waals surface area contributed by atoms with E-state index in [0.717, 1.165) is 0 Å². The summed E-state index contributed by atoms with van der Waals surface area (Å²) in [5.74, 6) is 0.665. The Labute approximate surface area is 118 Å². The van der Waals surface area contributed by atoms with Gasteiger partial charge in [0.1, 0.15) is 16.4 Å². The summed E-state index contributed by atoms with van der Waals surface area (Å²) < 4.78 is 32.3. The zero-order valence-corrected chi connectivity index (χ0v) is 11.9. The van der Waals surface area contributed by atoms with Crippen LogP contribution in [0.3, 0.4) is 0 Å². The first-order valence-corrected chi connectivity index (χ1v) is 7.64. The highest BCUT2D eigenvalue weighted by Crippen LogP contribution is 2.31. The van der Waals surface area contributed by atoms with E-state index >= 15 is 0 Å². The summed E-state index contributed by atoms with van der Waals surface area (Å²) in [7, 11) is -3.59. The Morgan fingerprint density at radius 3 is 2.30 bits per heavy atom. The van der Waals surface area contributed by atoms with Crippen LogP contribution in [0.15, 0.2) is 53.4 Å². The third kappa shape index (κ3) is 3.09. The van der Waals surface area contributed by atoms with Gasteiger partial charge in [-0.2, -0.15) is 0 Å². The highest BCUT2D eigenvalue weighted by atomic mass is 32.2. The molecule has 0 heterocycles. The lowest BCUT2D eigenvalue weighted by Gasteiger charge is -2.12. The molecule has 2 aromatic carbocycles. The number of hydrogen-bond donors (Lipinski definition) is 2. The maximum atomic E-state index is 12.1. The molecule has 6 heteroatoms. The van der Waals surface area contributed by atoms with Gasteiger partial charge in [-0.15, -0.1) is 0 Å². The van der Waals surface area contributed by atoms with Gasteiger partial charge in [-0.05, 0) is 24.3 Å². The minimum atomic E-state index is -3.59. The van der Waals surface area contributed by atoms with Crippen molar-refractivity contribution in [2.24, 2.45) is 0 Å². The van der Waals surface area contributed by atoms with Crippen molar-refractivity contribution in [1.82, 2.24) is 4.72 Å². The number of ether oxygens (including phenoxy) is 1. The van der Waals surface area contributed by atoms with Crippen molar-refractivity contribution < 1.29 is 13.2 Å². The van der Waals surface area contributed by atoms with Crippen molar-refractivity contribution in [2.45, 2.75) is 11.8 Å². The van der Waals surface area contributed by atoms with Crippen molar-refractivity contribution in [3.8, 4) is 11.5 Å². The summed E-state index contributed by atoms with van der Waals surface area (Å²) in [5.41, 5.74) is 6.24. The molecular weight excluding hydrogens is 276 g/mol. The van der Waals surface area contributed by atoms with Crippen molar-refractivity contribution in [3.63, 3.8) is 0 Å². The molecule has 0 atom stereocenters. The molecule has 3 N–H and O–H groups in total. The van der Waals surface area contributed by atoms with E-state index in [9.17, 15) is 8.42 Å². The van der Waals surface area contributed by atoms with Gasteiger partial charge in [-0.3, -0.25) is 0 Å². The Bertz CT molecular complexity index is 699. The fourth-order valence-corrected chi connectivity index (χ4v) is 2.88. The second kappa shape index (κ2) is 5.94. The first-order chi connectivity index (χ1) is 9.54. The predicted molar refractivity (Wildman–Crippen MR) is 78.2 cm³/mol. The Hall–Kier alpha value is -2.05. The number of benzene rings is 2. The molecule has 0 aliphatic carbocycles. The molecule has 2 aromatic rings. The monoisotopic (exact) mass is 292 g/mol. The first kappa shape index (κ1) is 14.4. The summed E-state index contributed by atoms with van der Waals surface area (Å²) in [5, 5.41) is 0. The van der Waals surface area contributed by atoms with Gasteiger partial charge < -0.3 is 10.5 Å². The molecule has 106 valence electrons. The molecule has 0 aliphatic heterocycles. The molecule has 0 saturated carbocycles. The fourth-order valence-electron chi connectivity index (χ4n) is 1.72. The highest BCUT2D eigenvalue weighted by Gasteiger charge is 2.18. The number of sulfonamides is 1. The summed E-state index contributed by atoms with van der Waals surface area (Å²) in [6.07, 6.45) is 0. The fraction of sp³-hybridized carbons (Fsp3) is 0.143. The lowest BCUT2D eigenvalue weighted by Crippen LogP contribution is -2.23. The second-order valence-electron chi connectivity index (χ2n) is 4.09. The molecule has 0 amide bonds. The van der Waals surface area contributed by atoms with Gasteiger partial charge in [0.05, 0.1) is 5.69 Å². The summed E-state index contributed by atoms with van der Waals surface area (Å²) in [4.78, 5) is 0.0881. The number of nitrogens with two attached hydrogens (primary N) is 1. The molecule has 0 bridgehead atoms. The van der Waals surface area contributed by atoms with Crippen LogP contribution in [0.4, 0.5) is 5.69 Å². The normalized spacial score (nSPS) is 11.2. The van der Waals surface area contributed by atoms with Crippen molar-refractivity contribution in [3.05, 3.63) is 48.5 Å². The lowest BCUT2D eigenvalue weighted by molar-refractivity contribution is 0.469. The molecule has 0 aliphatic rings. The Morgan fingerprint density at radius 1 is 1.05 bits per heavy atom. The average molecular weight is 292 g/mol. The van der Waals surface area contributed by atoms with E-state index in [1.807, 2.05) is 0 Å². The zero-order valence-electron chi connectivity index (χ0n) is 11.0. The quantitative estimate of drug-likeness (QED) is 0.829. The minimum Gasteiger partial charge on any atom is -0.454 e. The maximum Gasteiger partial charge on any atom is 0.244 e. The van der Waals surface area contributed by atoms with Crippen LogP contribution in [-0.4, -0.2) is 15.0 Å². The van der Waals surface area contributed by atoms with Crippen molar-refractivity contribution in [2.75, 3.05) is 12.3 Å². The Balaban J connectivity index is 2.42. The van der Waals surface area contributed by atoms with Gasteiger partial charge in [-0.1, -0.05) is 31.2 Å². The predicted octanol–water partition coefficient (Wildman–Crippen LogP) is 2.36. The highest BCUT2D eigenvalue weighted by molar-refractivity contribution is 7.89. The van der Waals surface area contributed by atoms with E-state index in [0.29, 0.717) is 18.0 Å². The van der Waals surface area contributed by atoms with Gasteiger partial charge in [0.2, 0.25) is 10.0 Å². The number of nitrogen functional groups attached to an aromatic ring is 1. The largest absolute Gasteiger partial charge is 0.454 e. The van der Waals surface area contributed by atoms with Crippen LogP contribution in [0.5, 0.6) is 11.5 Å². The van der Waals surface area contributed by atoms with Gasteiger partial charge in [0, 0.05) is 6.54 Å². The van der Waals surface area contributed by atoms with E-state index < -0.39 is 10.0 Å².